The lowest BCUT2D eigenvalue weighted by Crippen LogP contribution is -1.91. The van der Waals surface area contributed by atoms with E-state index in [1.807, 2.05) is 61.0 Å². The van der Waals surface area contributed by atoms with Crippen molar-refractivity contribution in [3.8, 4) is 17.0 Å². The Balaban J connectivity index is 1.72. The van der Waals surface area contributed by atoms with Crippen molar-refractivity contribution in [1.82, 2.24) is 4.98 Å². The highest BCUT2D eigenvalue weighted by molar-refractivity contribution is 7.13. The van der Waals surface area contributed by atoms with Crippen LogP contribution >= 0.6 is 11.3 Å². The van der Waals surface area contributed by atoms with E-state index < -0.39 is 0 Å². The van der Waals surface area contributed by atoms with Gasteiger partial charge < -0.3 is 4.74 Å². The summed E-state index contributed by atoms with van der Waals surface area (Å²) in [6.07, 6.45) is 1.82. The van der Waals surface area contributed by atoms with Crippen LogP contribution in [-0.2, 0) is 0 Å². The molecule has 0 aliphatic carbocycles. The fourth-order valence-electron chi connectivity index (χ4n) is 2.01. The summed E-state index contributed by atoms with van der Waals surface area (Å²) in [6.45, 7) is 2.65. The Morgan fingerprint density at radius 1 is 1.09 bits per heavy atom. The highest BCUT2D eigenvalue weighted by Gasteiger charge is 2.02. The van der Waals surface area contributed by atoms with Crippen LogP contribution in [0, 0.1) is 0 Å². The summed E-state index contributed by atoms with van der Waals surface area (Å²) in [5.41, 5.74) is 3.10. The maximum absolute atomic E-state index is 5.42. The first-order valence-electron chi connectivity index (χ1n) is 7.13. The number of nitrogens with zero attached hydrogens (tertiary/aromatic N) is 2. The van der Waals surface area contributed by atoms with E-state index in [0.29, 0.717) is 6.61 Å². The van der Waals surface area contributed by atoms with E-state index >= 15 is 0 Å². The summed E-state index contributed by atoms with van der Waals surface area (Å²) in [5, 5.41) is 2.79. The van der Waals surface area contributed by atoms with Crippen LogP contribution in [0.25, 0.3) is 11.3 Å². The summed E-state index contributed by atoms with van der Waals surface area (Å²) in [6, 6.07) is 18.0. The fourth-order valence-corrected chi connectivity index (χ4v) is 2.68. The zero-order valence-electron chi connectivity index (χ0n) is 12.3. The molecule has 0 N–H and O–H groups in total. The highest BCUT2D eigenvalue weighted by atomic mass is 32.1. The number of ether oxygens (including phenoxy) is 1. The van der Waals surface area contributed by atoms with Gasteiger partial charge in [-0.15, -0.1) is 11.3 Å². The summed E-state index contributed by atoms with van der Waals surface area (Å²) in [5.74, 6) is 0.875. The van der Waals surface area contributed by atoms with Crippen LogP contribution in [0.4, 0.5) is 5.13 Å². The number of thiazole rings is 1. The molecule has 0 aliphatic heterocycles. The van der Waals surface area contributed by atoms with Crippen LogP contribution in [-0.4, -0.2) is 17.8 Å². The molecule has 3 nitrogen and oxygen atoms in total. The fraction of sp³-hybridized carbons (Fsp3) is 0.111. The van der Waals surface area contributed by atoms with Gasteiger partial charge >= 0.3 is 0 Å². The maximum Gasteiger partial charge on any atom is 0.209 e. The van der Waals surface area contributed by atoms with E-state index in [1.54, 1.807) is 11.3 Å². The highest BCUT2D eigenvalue weighted by Crippen LogP contribution is 2.26. The van der Waals surface area contributed by atoms with Gasteiger partial charge in [0.15, 0.2) is 0 Å². The lowest BCUT2D eigenvalue weighted by Gasteiger charge is -2.01. The Bertz CT molecular complexity index is 748. The third-order valence-corrected chi connectivity index (χ3v) is 3.83. The van der Waals surface area contributed by atoms with Gasteiger partial charge in [-0.05, 0) is 36.8 Å². The molecular formula is C18H16N2OS. The Morgan fingerprint density at radius 2 is 1.86 bits per heavy atom. The van der Waals surface area contributed by atoms with Crippen LogP contribution in [0.5, 0.6) is 5.75 Å². The molecule has 0 fully saturated rings. The molecular weight excluding hydrogens is 292 g/mol. The van der Waals surface area contributed by atoms with Crippen LogP contribution in [0.2, 0.25) is 0 Å². The molecule has 0 radical (unpaired) electrons. The normalized spacial score (nSPS) is 11.0. The molecule has 0 saturated carbocycles. The summed E-state index contributed by atoms with van der Waals surface area (Å²) >= 11 is 1.54. The second-order valence-corrected chi connectivity index (χ2v) is 5.48. The number of rotatable bonds is 5. The van der Waals surface area contributed by atoms with Gasteiger partial charge in [0.05, 0.1) is 12.3 Å². The minimum absolute atomic E-state index is 0.675. The van der Waals surface area contributed by atoms with Crippen molar-refractivity contribution in [2.75, 3.05) is 6.61 Å². The largest absolute Gasteiger partial charge is 0.494 e. The first-order valence-corrected chi connectivity index (χ1v) is 8.01. The molecule has 0 unspecified atom stereocenters. The lowest BCUT2D eigenvalue weighted by atomic mass is 10.2. The van der Waals surface area contributed by atoms with Gasteiger partial charge in [0, 0.05) is 17.2 Å². The van der Waals surface area contributed by atoms with Crippen LogP contribution in [0.3, 0.4) is 0 Å². The van der Waals surface area contributed by atoms with E-state index in [0.717, 1.165) is 27.7 Å². The SMILES string of the molecule is CCOc1ccc(C=Nc2nc(-c3ccccc3)cs2)cc1. The Kier molecular flexibility index (Phi) is 4.61. The van der Waals surface area contributed by atoms with Gasteiger partial charge in [-0.25, -0.2) is 9.98 Å². The van der Waals surface area contributed by atoms with E-state index in [9.17, 15) is 0 Å². The van der Waals surface area contributed by atoms with E-state index in [-0.39, 0.29) is 0 Å². The smallest absolute Gasteiger partial charge is 0.209 e. The molecule has 0 atom stereocenters. The Morgan fingerprint density at radius 3 is 2.59 bits per heavy atom. The van der Waals surface area contributed by atoms with Crippen LogP contribution < -0.4 is 4.74 Å². The molecule has 0 bridgehead atoms. The first kappa shape index (κ1) is 14.5. The predicted octanol–water partition coefficient (Wildman–Crippen LogP) is 4.96. The van der Waals surface area contributed by atoms with Crippen molar-refractivity contribution in [2.24, 2.45) is 4.99 Å². The molecule has 22 heavy (non-hydrogen) atoms. The summed E-state index contributed by atoms with van der Waals surface area (Å²) in [4.78, 5) is 8.98. The minimum Gasteiger partial charge on any atom is -0.494 e. The number of aromatic nitrogens is 1. The average Bonchev–Trinajstić information content (AvgIpc) is 3.04. The molecule has 0 spiro atoms. The van der Waals surface area contributed by atoms with Gasteiger partial charge in [0.2, 0.25) is 5.13 Å². The zero-order chi connectivity index (χ0) is 15.2. The van der Waals surface area contributed by atoms with Gasteiger partial charge in [0.1, 0.15) is 5.75 Å². The number of benzene rings is 2. The summed E-state index contributed by atoms with van der Waals surface area (Å²) < 4.78 is 5.42. The van der Waals surface area contributed by atoms with Crippen molar-refractivity contribution in [1.29, 1.82) is 0 Å². The van der Waals surface area contributed by atoms with Crippen molar-refractivity contribution in [3.63, 3.8) is 0 Å². The van der Waals surface area contributed by atoms with Gasteiger partial charge in [-0.3, -0.25) is 0 Å². The third-order valence-electron chi connectivity index (χ3n) is 3.08. The molecule has 3 aromatic rings. The maximum atomic E-state index is 5.42. The quantitative estimate of drug-likeness (QED) is 0.624. The molecule has 110 valence electrons. The number of aliphatic imine (C=N–C) groups is 1. The number of hydrogen-bond donors (Lipinski definition) is 0. The second kappa shape index (κ2) is 7.00. The van der Waals surface area contributed by atoms with Crippen LogP contribution in [0.1, 0.15) is 12.5 Å². The minimum atomic E-state index is 0.675. The van der Waals surface area contributed by atoms with Gasteiger partial charge in [-0.2, -0.15) is 0 Å². The number of hydrogen-bond acceptors (Lipinski definition) is 4. The average molecular weight is 308 g/mol. The molecule has 4 heteroatoms. The van der Waals surface area contributed by atoms with Crippen molar-refractivity contribution in [2.45, 2.75) is 6.92 Å². The molecule has 2 aromatic carbocycles. The lowest BCUT2D eigenvalue weighted by molar-refractivity contribution is 0.340. The van der Waals surface area contributed by atoms with E-state index in [4.69, 9.17) is 4.74 Å². The second-order valence-electron chi connectivity index (χ2n) is 4.64. The Labute approximate surface area is 134 Å². The molecule has 1 aromatic heterocycles. The van der Waals surface area contributed by atoms with E-state index in [1.165, 1.54) is 0 Å². The van der Waals surface area contributed by atoms with Gasteiger partial charge in [-0.1, -0.05) is 30.3 Å². The van der Waals surface area contributed by atoms with E-state index in [2.05, 4.69) is 22.1 Å². The van der Waals surface area contributed by atoms with Crippen LogP contribution in [0.15, 0.2) is 65.0 Å². The third kappa shape index (κ3) is 3.59. The zero-order valence-corrected chi connectivity index (χ0v) is 13.1. The van der Waals surface area contributed by atoms with Crippen molar-refractivity contribution >= 4 is 22.7 Å². The predicted molar refractivity (Wildman–Crippen MR) is 92.4 cm³/mol. The first-order chi connectivity index (χ1) is 10.8. The van der Waals surface area contributed by atoms with Crippen molar-refractivity contribution < 1.29 is 4.74 Å². The molecule has 0 aliphatic rings. The molecule has 1 heterocycles. The van der Waals surface area contributed by atoms with Gasteiger partial charge in [0.25, 0.3) is 0 Å². The Hall–Kier alpha value is -2.46. The standard InChI is InChI=1S/C18H16N2OS/c1-2-21-16-10-8-14(9-11-16)12-19-18-20-17(13-22-18)15-6-4-3-5-7-15/h3-13H,2H2,1H3. The summed E-state index contributed by atoms with van der Waals surface area (Å²) in [7, 11) is 0. The molecule has 3 rings (SSSR count). The van der Waals surface area contributed by atoms with Crippen molar-refractivity contribution in [3.05, 3.63) is 65.5 Å². The monoisotopic (exact) mass is 308 g/mol. The molecule has 0 saturated heterocycles. The topological polar surface area (TPSA) is 34.5 Å². The molecule has 0 amide bonds.